The van der Waals surface area contributed by atoms with E-state index in [0.717, 1.165) is 24.8 Å². The zero-order valence-electron chi connectivity index (χ0n) is 15.0. The second-order valence-electron chi connectivity index (χ2n) is 8.76. The first-order valence-electron chi connectivity index (χ1n) is 9.13. The van der Waals surface area contributed by atoms with E-state index < -0.39 is 20.4 Å². The smallest absolute Gasteiger partial charge is 0.178 e. The zero-order valence-corrected chi connectivity index (χ0v) is 16.6. The summed E-state index contributed by atoms with van der Waals surface area (Å²) in [5.41, 5.74) is 0.350. The second kappa shape index (κ2) is 5.39. The summed E-state index contributed by atoms with van der Waals surface area (Å²) in [6, 6.07) is 0. The van der Waals surface area contributed by atoms with Gasteiger partial charge in [-0.05, 0) is 49.7 Å². The Kier molecular flexibility index (Phi) is 3.81. The molecule has 0 unspecified atom stereocenters. The van der Waals surface area contributed by atoms with Crippen molar-refractivity contribution in [3.05, 3.63) is 23.8 Å². The van der Waals surface area contributed by atoms with Crippen LogP contribution in [0.25, 0.3) is 0 Å². The standard InChI is InChI=1S/C20H25ClO3S/c1-18-8-6-13(22)10-12(18)4-5-14-15-7-9-20(21,25(3)24)19(15,2)11-16(23)17(14)18/h6,8,10,14-15,17H,4-5,7,9,11H2,1-3H3/t14-,15-,17+,18-,19-,20-,25+/m0/s1. The Morgan fingerprint density at radius 3 is 2.64 bits per heavy atom. The molecule has 0 bridgehead atoms. The van der Waals surface area contributed by atoms with Crippen molar-refractivity contribution in [2.45, 2.75) is 50.2 Å². The predicted octanol–water partition coefficient (Wildman–Crippen LogP) is 3.79. The lowest BCUT2D eigenvalue weighted by atomic mass is 9.48. The van der Waals surface area contributed by atoms with E-state index in [0.29, 0.717) is 18.8 Å². The lowest BCUT2D eigenvalue weighted by molar-refractivity contribution is -0.141. The van der Waals surface area contributed by atoms with Gasteiger partial charge in [-0.1, -0.05) is 25.5 Å². The molecular formula is C20H25ClO3S. The average Bonchev–Trinajstić information content (AvgIpc) is 2.80. The van der Waals surface area contributed by atoms with Gasteiger partial charge < -0.3 is 0 Å². The van der Waals surface area contributed by atoms with Gasteiger partial charge in [0.1, 0.15) is 9.99 Å². The molecule has 0 aromatic carbocycles. The number of ketones is 2. The van der Waals surface area contributed by atoms with E-state index in [-0.39, 0.29) is 28.8 Å². The SMILES string of the molecule is C[S@@](=O)[C@@]1(Cl)CC[C@H]2[C@@H]3CCC4=CC(=O)C=C[C@]4(C)[C@H]3C(=O)C[C@@]21C. The van der Waals surface area contributed by atoms with Crippen LogP contribution < -0.4 is 0 Å². The molecule has 0 heterocycles. The average molecular weight is 381 g/mol. The molecule has 0 N–H and O–H groups in total. The molecule has 0 radical (unpaired) electrons. The molecule has 0 spiro atoms. The summed E-state index contributed by atoms with van der Waals surface area (Å²) >= 11 is 6.89. The highest BCUT2D eigenvalue weighted by molar-refractivity contribution is 7.87. The molecule has 5 heteroatoms. The van der Waals surface area contributed by atoms with Crippen LogP contribution in [-0.4, -0.2) is 26.2 Å². The highest BCUT2D eigenvalue weighted by Gasteiger charge is 2.67. The van der Waals surface area contributed by atoms with Crippen LogP contribution in [0.3, 0.4) is 0 Å². The maximum absolute atomic E-state index is 13.3. The van der Waals surface area contributed by atoms with Gasteiger partial charge in [0.15, 0.2) is 5.78 Å². The monoisotopic (exact) mass is 380 g/mol. The number of hydrogen-bond donors (Lipinski definition) is 0. The number of allylic oxidation sites excluding steroid dienone is 4. The quantitative estimate of drug-likeness (QED) is 0.650. The summed E-state index contributed by atoms with van der Waals surface area (Å²) in [7, 11) is -1.17. The lowest BCUT2D eigenvalue weighted by Crippen LogP contribution is -2.57. The summed E-state index contributed by atoms with van der Waals surface area (Å²) in [6.07, 6.45) is 10.8. The molecule has 136 valence electrons. The van der Waals surface area contributed by atoms with Crippen LogP contribution in [0, 0.1) is 28.6 Å². The molecule has 4 aliphatic carbocycles. The van der Waals surface area contributed by atoms with Gasteiger partial charge in [0.05, 0.1) is 0 Å². The molecule has 0 aliphatic heterocycles. The molecule has 3 fully saturated rings. The molecular weight excluding hydrogens is 356 g/mol. The Balaban J connectivity index is 1.78. The number of fused-ring (bicyclic) bond motifs is 5. The van der Waals surface area contributed by atoms with E-state index in [9.17, 15) is 13.8 Å². The van der Waals surface area contributed by atoms with Crippen molar-refractivity contribution in [1.82, 2.24) is 0 Å². The third-order valence-electron chi connectivity index (χ3n) is 7.73. The number of halogens is 1. The van der Waals surface area contributed by atoms with Gasteiger partial charge in [0.2, 0.25) is 0 Å². The summed E-state index contributed by atoms with van der Waals surface area (Å²) in [5.74, 6) is 0.755. The van der Waals surface area contributed by atoms with E-state index in [1.807, 2.05) is 6.08 Å². The number of hydrogen-bond acceptors (Lipinski definition) is 3. The second-order valence-corrected chi connectivity index (χ2v) is 11.2. The Labute approximate surface area is 156 Å². The van der Waals surface area contributed by atoms with E-state index >= 15 is 0 Å². The molecule has 3 saturated carbocycles. The maximum Gasteiger partial charge on any atom is 0.178 e. The van der Waals surface area contributed by atoms with Gasteiger partial charge in [0.25, 0.3) is 0 Å². The third kappa shape index (κ3) is 2.13. The molecule has 3 nitrogen and oxygen atoms in total. The molecule has 7 atom stereocenters. The number of rotatable bonds is 1. The van der Waals surface area contributed by atoms with E-state index in [1.165, 1.54) is 0 Å². The molecule has 0 aromatic rings. The van der Waals surface area contributed by atoms with Crippen LogP contribution in [0.2, 0.25) is 0 Å². The van der Waals surface area contributed by atoms with E-state index in [4.69, 9.17) is 11.6 Å². The Morgan fingerprint density at radius 1 is 1.24 bits per heavy atom. The number of alkyl halides is 1. The largest absolute Gasteiger partial charge is 0.299 e. The summed E-state index contributed by atoms with van der Waals surface area (Å²) in [4.78, 5) is 25.1. The fourth-order valence-corrected chi connectivity index (χ4v) is 8.04. The lowest BCUT2D eigenvalue weighted by Gasteiger charge is -2.56. The summed E-state index contributed by atoms with van der Waals surface area (Å²) in [5, 5.41) is 0. The van der Waals surface area contributed by atoms with Crippen LogP contribution in [0.4, 0.5) is 0 Å². The van der Waals surface area contributed by atoms with Crippen LogP contribution in [0.5, 0.6) is 0 Å². The fraction of sp³-hybridized carbons (Fsp3) is 0.700. The first-order chi connectivity index (χ1) is 11.6. The first-order valence-corrected chi connectivity index (χ1v) is 11.1. The molecule has 0 saturated heterocycles. The van der Waals surface area contributed by atoms with Crippen LogP contribution in [-0.2, 0) is 20.4 Å². The summed E-state index contributed by atoms with van der Waals surface area (Å²) < 4.78 is 11.6. The van der Waals surface area contributed by atoms with Gasteiger partial charge in [-0.2, -0.15) is 0 Å². The van der Waals surface area contributed by atoms with Crippen molar-refractivity contribution in [1.29, 1.82) is 0 Å². The first kappa shape index (κ1) is 17.7. The van der Waals surface area contributed by atoms with E-state index in [1.54, 1.807) is 18.4 Å². The minimum atomic E-state index is -1.17. The van der Waals surface area contributed by atoms with Crippen LogP contribution in [0.15, 0.2) is 23.8 Å². The number of Topliss-reactive ketones (excluding diaryl/α,β-unsaturated/α-hetero) is 1. The minimum Gasteiger partial charge on any atom is -0.299 e. The molecule has 0 amide bonds. The van der Waals surface area contributed by atoms with Gasteiger partial charge in [0, 0.05) is 40.2 Å². The minimum absolute atomic E-state index is 0.0287. The molecule has 4 rings (SSSR count). The molecule has 4 aliphatic rings. The predicted molar refractivity (Wildman–Crippen MR) is 99.7 cm³/mol. The van der Waals surface area contributed by atoms with Crippen molar-refractivity contribution >= 4 is 34.0 Å². The van der Waals surface area contributed by atoms with Gasteiger partial charge in [-0.25, -0.2) is 0 Å². The Hall–Kier alpha value is -0.740. The Bertz CT molecular complexity index is 756. The third-order valence-corrected chi connectivity index (χ3v) is 10.6. The van der Waals surface area contributed by atoms with Crippen molar-refractivity contribution in [3.63, 3.8) is 0 Å². The van der Waals surface area contributed by atoms with Crippen molar-refractivity contribution in [2.24, 2.45) is 28.6 Å². The summed E-state index contributed by atoms with van der Waals surface area (Å²) in [6.45, 7) is 4.20. The topological polar surface area (TPSA) is 51.2 Å². The van der Waals surface area contributed by atoms with Gasteiger partial charge >= 0.3 is 0 Å². The molecule has 25 heavy (non-hydrogen) atoms. The highest BCUT2D eigenvalue weighted by Crippen LogP contribution is 2.68. The normalized spacial score (nSPS) is 49.9. The van der Waals surface area contributed by atoms with Gasteiger partial charge in [-0.15, -0.1) is 11.6 Å². The highest BCUT2D eigenvalue weighted by atomic mass is 35.5. The van der Waals surface area contributed by atoms with E-state index in [2.05, 4.69) is 13.8 Å². The Morgan fingerprint density at radius 2 is 1.96 bits per heavy atom. The number of carbonyl (C=O) groups is 2. The van der Waals surface area contributed by atoms with Crippen LogP contribution >= 0.6 is 11.6 Å². The van der Waals surface area contributed by atoms with Gasteiger partial charge in [-0.3, -0.25) is 13.8 Å². The van der Waals surface area contributed by atoms with Crippen molar-refractivity contribution in [3.8, 4) is 0 Å². The zero-order chi connectivity index (χ0) is 18.2. The van der Waals surface area contributed by atoms with Crippen molar-refractivity contribution in [2.75, 3.05) is 6.26 Å². The molecule has 0 aromatic heterocycles. The number of carbonyl (C=O) groups excluding carboxylic acids is 2. The van der Waals surface area contributed by atoms with Crippen LogP contribution in [0.1, 0.15) is 46.0 Å². The maximum atomic E-state index is 13.3. The van der Waals surface area contributed by atoms with Crippen molar-refractivity contribution < 1.29 is 13.8 Å². The fourth-order valence-electron chi connectivity index (χ4n) is 6.44.